The topological polar surface area (TPSA) is 113 Å². The molecule has 196 valence electrons. The molecule has 3 aliphatic heterocycles. The summed E-state index contributed by atoms with van der Waals surface area (Å²) in [6.45, 7) is 5.55. The average molecular weight is 528 g/mol. The molecule has 0 aromatic heterocycles. The van der Waals surface area contributed by atoms with Crippen LogP contribution in [0.4, 0.5) is 21.2 Å². The minimum Gasteiger partial charge on any atom is -0.396 e. The van der Waals surface area contributed by atoms with Crippen LogP contribution in [-0.2, 0) is 26.5 Å². The average Bonchev–Trinajstić information content (AvgIpc) is 3.26. The maximum absolute atomic E-state index is 15.6. The molecule has 2 amide bonds. The summed E-state index contributed by atoms with van der Waals surface area (Å²) in [5.41, 5.74) is 0.122. The number of carbonyl (C=O) groups is 2. The Morgan fingerprint density at radius 1 is 1.22 bits per heavy atom. The third kappa shape index (κ3) is 3.96. The van der Waals surface area contributed by atoms with E-state index in [0.29, 0.717) is 24.2 Å². The van der Waals surface area contributed by atoms with Crippen LogP contribution in [0.2, 0.25) is 18.6 Å². The first-order chi connectivity index (χ1) is 17.5. The molecule has 2 aromatic carbocycles. The molecular formula is C26H30FN3O6Si. The number of carbonyl (C=O) groups excluding carboxylic acids is 2. The van der Waals surface area contributed by atoms with E-state index >= 15 is 4.11 Å². The number of benzene rings is 2. The fraction of sp³-hybridized carbons (Fsp3) is 0.462. The third-order valence-electron chi connectivity index (χ3n) is 8.01. The zero-order valence-corrected chi connectivity index (χ0v) is 22.0. The van der Waals surface area contributed by atoms with Crippen LogP contribution in [0.3, 0.4) is 0 Å². The summed E-state index contributed by atoms with van der Waals surface area (Å²) in [7, 11) is -3.36. The highest BCUT2D eigenvalue weighted by atomic mass is 28.4. The Morgan fingerprint density at radius 2 is 1.92 bits per heavy atom. The predicted octanol–water partition coefficient (Wildman–Crippen LogP) is 4.04. The van der Waals surface area contributed by atoms with Crippen LogP contribution >= 0.6 is 0 Å². The van der Waals surface area contributed by atoms with Gasteiger partial charge in [0.05, 0.1) is 23.3 Å². The van der Waals surface area contributed by atoms with Crippen LogP contribution in [0, 0.1) is 16.0 Å². The van der Waals surface area contributed by atoms with Gasteiger partial charge in [-0.25, -0.2) is 0 Å². The highest BCUT2D eigenvalue weighted by Gasteiger charge is 2.66. The van der Waals surface area contributed by atoms with Gasteiger partial charge in [0.15, 0.2) is 5.60 Å². The number of hydrogen-bond acceptors (Lipinski definition) is 6. The minimum absolute atomic E-state index is 0.0682. The second-order valence-electron chi connectivity index (χ2n) is 10.6. The molecule has 0 saturated carbocycles. The number of amides is 2. The number of non-ortho nitro benzene ring substituents is 1. The van der Waals surface area contributed by atoms with Crippen molar-refractivity contribution in [2.24, 2.45) is 5.92 Å². The highest BCUT2D eigenvalue weighted by molar-refractivity contribution is 6.72. The van der Waals surface area contributed by atoms with Crippen molar-refractivity contribution in [2.75, 3.05) is 23.0 Å². The number of rotatable bonds is 7. The molecule has 0 bridgehead atoms. The van der Waals surface area contributed by atoms with E-state index in [4.69, 9.17) is 4.74 Å². The Bertz CT molecular complexity index is 1270. The zero-order valence-electron chi connectivity index (χ0n) is 21.0. The Kier molecular flexibility index (Phi) is 6.20. The number of anilines is 2. The van der Waals surface area contributed by atoms with Crippen LogP contribution in [0.1, 0.15) is 30.9 Å². The van der Waals surface area contributed by atoms with Crippen LogP contribution in [-0.4, -0.2) is 49.5 Å². The second kappa shape index (κ2) is 9.00. The third-order valence-corrected chi connectivity index (χ3v) is 10.5. The lowest BCUT2D eigenvalue weighted by Gasteiger charge is -2.31. The quantitative estimate of drug-likeness (QED) is 0.191. The Morgan fingerprint density at radius 3 is 2.46 bits per heavy atom. The molecular weight excluding hydrogens is 497 g/mol. The number of fused-ring (bicyclic) bond motifs is 2. The van der Waals surface area contributed by atoms with E-state index in [1.165, 1.54) is 12.1 Å². The summed E-state index contributed by atoms with van der Waals surface area (Å²) in [5, 5.41) is 21.3. The van der Waals surface area contributed by atoms with Crippen LogP contribution in [0.25, 0.3) is 0 Å². The van der Waals surface area contributed by atoms with E-state index < -0.39 is 36.5 Å². The molecule has 3 aliphatic rings. The molecule has 3 heterocycles. The normalized spacial score (nSPS) is 27.1. The van der Waals surface area contributed by atoms with E-state index in [0.717, 1.165) is 11.3 Å². The van der Waals surface area contributed by atoms with Gasteiger partial charge in [-0.3, -0.25) is 19.7 Å². The lowest BCUT2D eigenvalue weighted by molar-refractivity contribution is -0.385. The van der Waals surface area contributed by atoms with Gasteiger partial charge in [0.1, 0.15) is 0 Å². The number of nitro benzene ring substituents is 1. The first-order valence-corrected chi connectivity index (χ1v) is 15.4. The van der Waals surface area contributed by atoms with Crippen molar-refractivity contribution in [1.29, 1.82) is 0 Å². The fourth-order valence-corrected chi connectivity index (χ4v) is 8.80. The van der Waals surface area contributed by atoms with Crippen molar-refractivity contribution >= 4 is 37.3 Å². The molecule has 1 N–H and O–H groups in total. The van der Waals surface area contributed by atoms with Gasteiger partial charge in [0, 0.05) is 54.4 Å². The number of aliphatic hydroxyl groups excluding tert-OH is 1. The SMILES string of the molecule is C[C@H]1[C@H]([Si](C)(C)F)[C@@H](CCO)O[C@]12C(=O)N(Cc1ccc(N3CCC3=O)cc1)c1ccc([N+](=O)[O-])cc12. The number of hydrogen-bond donors (Lipinski definition) is 1. The highest BCUT2D eigenvalue weighted by Crippen LogP contribution is 2.60. The van der Waals surface area contributed by atoms with Gasteiger partial charge in [-0.1, -0.05) is 19.1 Å². The van der Waals surface area contributed by atoms with Crippen molar-refractivity contribution < 1.29 is 28.5 Å². The van der Waals surface area contributed by atoms with Gasteiger partial charge in [-0.2, -0.15) is 0 Å². The first-order valence-electron chi connectivity index (χ1n) is 12.5. The van der Waals surface area contributed by atoms with E-state index in [-0.39, 0.29) is 37.1 Å². The molecule has 4 atom stereocenters. The predicted molar refractivity (Wildman–Crippen MR) is 137 cm³/mol. The first kappa shape index (κ1) is 25.5. The largest absolute Gasteiger partial charge is 0.396 e. The molecule has 5 rings (SSSR count). The summed E-state index contributed by atoms with van der Waals surface area (Å²) in [5.74, 6) is -0.909. The standard InChI is InChI=1S/C26H30FN3O6Si/c1-16-24(37(2,3)27)22(11-13-31)36-26(16)20-14-19(30(34)35)8-9-21(20)29(25(26)33)15-17-4-6-18(7-5-17)28-12-10-23(28)32/h4-9,14,16,22,24,31H,10-13,15H2,1-3H3/t16-,22+,24-,26+/m0/s1. The van der Waals surface area contributed by atoms with Crippen molar-refractivity contribution in [3.8, 4) is 0 Å². The minimum atomic E-state index is -3.36. The summed E-state index contributed by atoms with van der Waals surface area (Å²) in [4.78, 5) is 40.3. The lowest BCUT2D eigenvalue weighted by Crippen LogP contribution is -2.45. The smallest absolute Gasteiger partial charge is 0.269 e. The maximum Gasteiger partial charge on any atom is 0.269 e. The monoisotopic (exact) mass is 527 g/mol. The van der Waals surface area contributed by atoms with Gasteiger partial charge in [0.2, 0.25) is 14.3 Å². The number of aliphatic hydroxyl groups is 1. The van der Waals surface area contributed by atoms with E-state index in [1.807, 2.05) is 24.3 Å². The summed E-state index contributed by atoms with van der Waals surface area (Å²) >= 11 is 0. The van der Waals surface area contributed by atoms with Gasteiger partial charge < -0.3 is 23.8 Å². The Hall–Kier alpha value is -3.15. The fourth-order valence-electron chi connectivity index (χ4n) is 6.25. The number of nitrogens with zero attached hydrogens (tertiary/aromatic N) is 3. The summed E-state index contributed by atoms with van der Waals surface area (Å²) in [6.07, 6.45) is 0.0195. The molecule has 2 saturated heterocycles. The molecule has 11 heteroatoms. The number of nitro groups is 1. The van der Waals surface area contributed by atoms with Crippen molar-refractivity contribution in [1.82, 2.24) is 0 Å². The van der Waals surface area contributed by atoms with E-state index in [1.54, 1.807) is 35.9 Å². The lowest BCUT2D eigenvalue weighted by atomic mass is 9.82. The molecule has 37 heavy (non-hydrogen) atoms. The van der Waals surface area contributed by atoms with Crippen LogP contribution < -0.4 is 9.80 Å². The number of β-lactam (4-membered cyclic amide) rings is 1. The zero-order chi connectivity index (χ0) is 26.7. The molecule has 9 nitrogen and oxygen atoms in total. The molecule has 0 aliphatic carbocycles. The Balaban J connectivity index is 1.55. The van der Waals surface area contributed by atoms with E-state index in [2.05, 4.69) is 0 Å². The van der Waals surface area contributed by atoms with Gasteiger partial charge in [-0.05, 0) is 43.3 Å². The summed E-state index contributed by atoms with van der Waals surface area (Å²) in [6, 6.07) is 11.6. The van der Waals surface area contributed by atoms with Crippen LogP contribution in [0.5, 0.6) is 0 Å². The number of halogens is 1. The van der Waals surface area contributed by atoms with Crippen molar-refractivity contribution in [2.45, 2.75) is 56.7 Å². The summed E-state index contributed by atoms with van der Waals surface area (Å²) < 4.78 is 22.0. The molecule has 0 unspecified atom stereocenters. The molecule has 2 aromatic rings. The molecule has 1 spiro atoms. The van der Waals surface area contributed by atoms with Crippen molar-refractivity contribution in [3.63, 3.8) is 0 Å². The van der Waals surface area contributed by atoms with Gasteiger partial charge in [-0.15, -0.1) is 0 Å². The van der Waals surface area contributed by atoms with Crippen molar-refractivity contribution in [3.05, 3.63) is 63.7 Å². The van der Waals surface area contributed by atoms with Gasteiger partial charge in [0.25, 0.3) is 11.6 Å². The second-order valence-corrected chi connectivity index (χ2v) is 14.4. The van der Waals surface area contributed by atoms with Crippen LogP contribution in [0.15, 0.2) is 42.5 Å². The van der Waals surface area contributed by atoms with E-state index in [9.17, 15) is 24.8 Å². The Labute approximate surface area is 215 Å². The number of ether oxygens (including phenoxy) is 1. The van der Waals surface area contributed by atoms with Gasteiger partial charge >= 0.3 is 0 Å². The molecule has 2 fully saturated rings. The maximum atomic E-state index is 15.6. The molecule has 0 radical (unpaired) electrons.